The van der Waals surface area contributed by atoms with Crippen molar-refractivity contribution in [2.45, 2.75) is 39.2 Å². The summed E-state index contributed by atoms with van der Waals surface area (Å²) in [7, 11) is 0. The standard InChI is InChI=1S/C17H23NS2/c1-13(2)17(7-8-17)12-18-15(16-6-4-10-20-16)11-14-5-3-9-19-14/h3-6,9-10,13,15,18H,7-8,11-12H2,1-2H3. The number of nitrogens with one attached hydrogen (secondary N) is 1. The van der Waals surface area contributed by atoms with Gasteiger partial charge in [-0.2, -0.15) is 0 Å². The summed E-state index contributed by atoms with van der Waals surface area (Å²) < 4.78 is 0. The summed E-state index contributed by atoms with van der Waals surface area (Å²) in [5, 5.41) is 8.23. The van der Waals surface area contributed by atoms with Crippen LogP contribution in [0.3, 0.4) is 0 Å². The molecule has 0 amide bonds. The van der Waals surface area contributed by atoms with Crippen molar-refractivity contribution in [3.63, 3.8) is 0 Å². The van der Waals surface area contributed by atoms with Crippen LogP contribution in [0, 0.1) is 11.3 Å². The smallest absolute Gasteiger partial charge is 0.0463 e. The predicted octanol–water partition coefficient (Wildman–Crippen LogP) is 5.12. The minimum absolute atomic E-state index is 0.477. The number of thiophene rings is 2. The lowest BCUT2D eigenvalue weighted by atomic mass is 9.92. The molecule has 0 radical (unpaired) electrons. The molecule has 1 N–H and O–H groups in total. The largest absolute Gasteiger partial charge is 0.308 e. The molecule has 20 heavy (non-hydrogen) atoms. The van der Waals surface area contributed by atoms with Crippen molar-refractivity contribution in [1.82, 2.24) is 5.32 Å². The van der Waals surface area contributed by atoms with Gasteiger partial charge in [-0.3, -0.25) is 0 Å². The number of hydrogen-bond acceptors (Lipinski definition) is 3. The Morgan fingerprint density at radius 2 is 1.90 bits per heavy atom. The van der Waals surface area contributed by atoms with Gasteiger partial charge < -0.3 is 5.32 Å². The molecule has 0 saturated heterocycles. The monoisotopic (exact) mass is 305 g/mol. The summed E-state index contributed by atoms with van der Waals surface area (Å²) in [6, 6.07) is 9.32. The molecule has 3 heteroatoms. The zero-order chi connectivity index (χ0) is 14.0. The number of hydrogen-bond donors (Lipinski definition) is 1. The SMILES string of the molecule is CC(C)C1(CNC(Cc2cccs2)c2cccs2)CC1. The van der Waals surface area contributed by atoms with Crippen LogP contribution < -0.4 is 5.32 Å². The molecule has 2 aromatic heterocycles. The molecule has 0 aromatic carbocycles. The lowest BCUT2D eigenvalue weighted by Gasteiger charge is -2.24. The first-order chi connectivity index (χ1) is 9.70. The van der Waals surface area contributed by atoms with E-state index >= 15 is 0 Å². The maximum Gasteiger partial charge on any atom is 0.0463 e. The zero-order valence-electron chi connectivity index (χ0n) is 12.3. The van der Waals surface area contributed by atoms with Crippen LogP contribution >= 0.6 is 22.7 Å². The van der Waals surface area contributed by atoms with E-state index in [9.17, 15) is 0 Å². The van der Waals surface area contributed by atoms with Crippen LogP contribution in [-0.2, 0) is 6.42 Å². The Bertz CT molecular complexity index is 509. The van der Waals surface area contributed by atoms with Gasteiger partial charge in [0.1, 0.15) is 0 Å². The average Bonchev–Trinajstić information content (AvgIpc) is 2.85. The molecule has 3 rings (SSSR count). The van der Waals surface area contributed by atoms with Gasteiger partial charge in [-0.25, -0.2) is 0 Å². The van der Waals surface area contributed by atoms with E-state index in [1.807, 2.05) is 22.7 Å². The average molecular weight is 306 g/mol. The first-order valence-electron chi connectivity index (χ1n) is 7.49. The van der Waals surface area contributed by atoms with E-state index in [2.05, 4.69) is 54.2 Å². The molecule has 1 saturated carbocycles. The van der Waals surface area contributed by atoms with Gasteiger partial charge >= 0.3 is 0 Å². The highest BCUT2D eigenvalue weighted by atomic mass is 32.1. The molecule has 2 heterocycles. The fraction of sp³-hybridized carbons (Fsp3) is 0.529. The van der Waals surface area contributed by atoms with Crippen molar-refractivity contribution < 1.29 is 0 Å². The van der Waals surface area contributed by atoms with E-state index in [4.69, 9.17) is 0 Å². The van der Waals surface area contributed by atoms with Gasteiger partial charge in [-0.15, -0.1) is 22.7 Å². The van der Waals surface area contributed by atoms with Crippen molar-refractivity contribution in [3.8, 4) is 0 Å². The third kappa shape index (κ3) is 3.16. The summed E-state index contributed by atoms with van der Waals surface area (Å²) in [5.74, 6) is 0.792. The van der Waals surface area contributed by atoms with Gasteiger partial charge in [0, 0.05) is 28.8 Å². The van der Waals surface area contributed by atoms with Crippen molar-refractivity contribution in [2.75, 3.05) is 6.54 Å². The van der Waals surface area contributed by atoms with E-state index in [1.54, 1.807) is 0 Å². The molecular formula is C17H23NS2. The van der Waals surface area contributed by atoms with Crippen molar-refractivity contribution in [3.05, 3.63) is 44.8 Å². The van der Waals surface area contributed by atoms with Crippen LogP contribution in [0.5, 0.6) is 0 Å². The van der Waals surface area contributed by atoms with E-state index in [0.29, 0.717) is 11.5 Å². The Balaban J connectivity index is 1.67. The maximum atomic E-state index is 3.86. The van der Waals surface area contributed by atoms with Crippen molar-refractivity contribution in [2.24, 2.45) is 11.3 Å². The Morgan fingerprint density at radius 3 is 2.45 bits per heavy atom. The van der Waals surface area contributed by atoms with Gasteiger partial charge in [0.25, 0.3) is 0 Å². The second-order valence-corrected chi connectivity index (χ2v) is 8.26. The van der Waals surface area contributed by atoms with Crippen LogP contribution in [0.1, 0.15) is 42.5 Å². The molecule has 1 fully saturated rings. The summed E-state index contributed by atoms with van der Waals surface area (Å²) >= 11 is 3.74. The Labute approximate surface area is 130 Å². The molecule has 1 unspecified atom stereocenters. The molecule has 1 aliphatic carbocycles. The minimum Gasteiger partial charge on any atom is -0.308 e. The highest BCUT2D eigenvalue weighted by Gasteiger charge is 2.45. The molecule has 2 aromatic rings. The van der Waals surface area contributed by atoms with Crippen LogP contribution in [-0.4, -0.2) is 6.54 Å². The maximum absolute atomic E-state index is 3.86. The van der Waals surface area contributed by atoms with Gasteiger partial charge in [-0.1, -0.05) is 26.0 Å². The molecule has 0 bridgehead atoms. The first-order valence-corrected chi connectivity index (χ1v) is 9.25. The highest BCUT2D eigenvalue weighted by molar-refractivity contribution is 7.10. The van der Waals surface area contributed by atoms with E-state index in [1.165, 1.54) is 29.1 Å². The second-order valence-electron chi connectivity index (χ2n) is 6.25. The van der Waals surface area contributed by atoms with E-state index in [0.717, 1.165) is 12.3 Å². The van der Waals surface area contributed by atoms with Crippen molar-refractivity contribution >= 4 is 22.7 Å². The summed E-state index contributed by atoms with van der Waals surface area (Å²) in [6.45, 7) is 5.90. The first kappa shape index (κ1) is 14.3. The fourth-order valence-electron chi connectivity index (χ4n) is 2.84. The lowest BCUT2D eigenvalue weighted by molar-refractivity contribution is 0.321. The van der Waals surface area contributed by atoms with E-state index in [-0.39, 0.29) is 0 Å². The molecule has 1 aliphatic rings. The third-order valence-electron chi connectivity index (χ3n) is 4.69. The highest BCUT2D eigenvalue weighted by Crippen LogP contribution is 2.51. The summed E-state index contributed by atoms with van der Waals surface area (Å²) in [5.41, 5.74) is 0.574. The quantitative estimate of drug-likeness (QED) is 0.748. The van der Waals surface area contributed by atoms with Gasteiger partial charge in [0.2, 0.25) is 0 Å². The second kappa shape index (κ2) is 6.00. The van der Waals surface area contributed by atoms with Gasteiger partial charge in [0.15, 0.2) is 0 Å². The topological polar surface area (TPSA) is 12.0 Å². The molecule has 108 valence electrons. The molecule has 1 atom stereocenters. The summed E-state index contributed by atoms with van der Waals surface area (Å²) in [4.78, 5) is 2.95. The Kier molecular flexibility index (Phi) is 4.29. The Morgan fingerprint density at radius 1 is 1.15 bits per heavy atom. The van der Waals surface area contributed by atoms with Crippen molar-refractivity contribution in [1.29, 1.82) is 0 Å². The van der Waals surface area contributed by atoms with Crippen LogP contribution in [0.15, 0.2) is 35.0 Å². The van der Waals surface area contributed by atoms with Crippen LogP contribution in [0.2, 0.25) is 0 Å². The normalized spacial score (nSPS) is 18.4. The number of rotatable bonds is 7. The van der Waals surface area contributed by atoms with Gasteiger partial charge in [0.05, 0.1) is 0 Å². The zero-order valence-corrected chi connectivity index (χ0v) is 13.9. The predicted molar refractivity (Wildman–Crippen MR) is 89.6 cm³/mol. The fourth-order valence-corrected chi connectivity index (χ4v) is 4.39. The van der Waals surface area contributed by atoms with Crippen LogP contribution in [0.4, 0.5) is 0 Å². The lowest BCUT2D eigenvalue weighted by Crippen LogP contribution is -2.31. The summed E-state index contributed by atoms with van der Waals surface area (Å²) in [6.07, 6.45) is 3.91. The minimum atomic E-state index is 0.477. The molecule has 0 aliphatic heterocycles. The van der Waals surface area contributed by atoms with Crippen LogP contribution in [0.25, 0.3) is 0 Å². The molecular weight excluding hydrogens is 282 g/mol. The Hall–Kier alpha value is -0.640. The van der Waals surface area contributed by atoms with E-state index < -0.39 is 0 Å². The van der Waals surface area contributed by atoms with Gasteiger partial charge in [-0.05, 0) is 47.1 Å². The third-order valence-corrected chi connectivity index (χ3v) is 6.57. The molecule has 0 spiro atoms. The molecule has 1 nitrogen and oxygen atoms in total.